The van der Waals surface area contributed by atoms with Crippen molar-refractivity contribution in [2.24, 2.45) is 5.41 Å². The van der Waals surface area contributed by atoms with Gasteiger partial charge in [0.15, 0.2) is 5.03 Å². The molecule has 1 aliphatic carbocycles. The van der Waals surface area contributed by atoms with Crippen molar-refractivity contribution in [1.29, 1.82) is 0 Å². The van der Waals surface area contributed by atoms with Crippen LogP contribution in [0, 0.1) is 12.3 Å². The van der Waals surface area contributed by atoms with Crippen LogP contribution < -0.4 is 4.72 Å². The average molecular weight is 336 g/mol. The number of alkyl halides is 1. The molecule has 1 aromatic heterocycles. The fraction of sp³-hybridized carbons (Fsp3) is 0.727. The highest BCUT2D eigenvalue weighted by molar-refractivity contribution is 9.09. The molecule has 1 aromatic rings. The third-order valence-corrected chi connectivity index (χ3v) is 6.05. The number of H-pyrrole nitrogens is 1. The second-order valence-electron chi connectivity index (χ2n) is 5.00. The molecule has 1 aliphatic rings. The lowest BCUT2D eigenvalue weighted by Gasteiger charge is -2.26. The highest BCUT2D eigenvalue weighted by Crippen LogP contribution is 2.39. The largest absolute Gasteiger partial charge is 0.332 e. The number of hydrogen-bond donors (Lipinski definition) is 2. The van der Waals surface area contributed by atoms with Crippen molar-refractivity contribution in [3.63, 3.8) is 0 Å². The fourth-order valence-corrected chi connectivity index (χ4v) is 4.23. The van der Waals surface area contributed by atoms with Crippen LogP contribution in [0.1, 0.15) is 31.5 Å². The Morgan fingerprint density at radius 3 is 2.67 bits per heavy atom. The summed E-state index contributed by atoms with van der Waals surface area (Å²) in [5.74, 6) is 0.603. The van der Waals surface area contributed by atoms with Crippen molar-refractivity contribution in [2.75, 3.05) is 11.9 Å². The molecular formula is C11H18BrN3O2S. The number of aromatic nitrogens is 2. The predicted octanol–water partition coefficient (Wildman–Crippen LogP) is 1.95. The van der Waals surface area contributed by atoms with E-state index in [2.05, 4.69) is 30.6 Å². The van der Waals surface area contributed by atoms with Crippen LogP contribution in [-0.4, -0.2) is 30.3 Å². The Morgan fingerprint density at radius 2 is 2.17 bits per heavy atom. The summed E-state index contributed by atoms with van der Waals surface area (Å²) in [6.07, 6.45) is 5.85. The average Bonchev–Trinajstić information content (AvgIpc) is 2.96. The van der Waals surface area contributed by atoms with Crippen molar-refractivity contribution in [1.82, 2.24) is 14.7 Å². The van der Waals surface area contributed by atoms with Crippen LogP contribution in [0.2, 0.25) is 0 Å². The molecule has 18 heavy (non-hydrogen) atoms. The number of aryl methyl sites for hydroxylation is 1. The molecule has 1 fully saturated rings. The SMILES string of the molecule is Cc1ncc(S(=O)(=O)NCC2(CBr)CCCC2)[nH]1. The highest BCUT2D eigenvalue weighted by atomic mass is 79.9. The van der Waals surface area contributed by atoms with Gasteiger partial charge in [0.2, 0.25) is 0 Å². The Labute approximate surface area is 116 Å². The van der Waals surface area contributed by atoms with Gasteiger partial charge in [-0.3, -0.25) is 0 Å². The van der Waals surface area contributed by atoms with Crippen molar-refractivity contribution in [2.45, 2.75) is 37.6 Å². The van der Waals surface area contributed by atoms with Gasteiger partial charge in [0.25, 0.3) is 10.0 Å². The summed E-state index contributed by atoms with van der Waals surface area (Å²) < 4.78 is 26.8. The maximum Gasteiger partial charge on any atom is 0.257 e. The zero-order valence-electron chi connectivity index (χ0n) is 10.4. The van der Waals surface area contributed by atoms with E-state index in [9.17, 15) is 8.42 Å². The molecule has 0 atom stereocenters. The second-order valence-corrected chi connectivity index (χ2v) is 7.29. The fourth-order valence-electron chi connectivity index (χ4n) is 2.34. The molecule has 102 valence electrons. The van der Waals surface area contributed by atoms with Gasteiger partial charge in [0, 0.05) is 11.9 Å². The monoisotopic (exact) mass is 335 g/mol. The van der Waals surface area contributed by atoms with E-state index in [0.717, 1.165) is 18.2 Å². The van der Waals surface area contributed by atoms with Crippen LogP contribution in [0.3, 0.4) is 0 Å². The quantitative estimate of drug-likeness (QED) is 0.807. The van der Waals surface area contributed by atoms with Gasteiger partial charge in [-0.15, -0.1) is 0 Å². The third-order valence-electron chi connectivity index (χ3n) is 3.55. The predicted molar refractivity (Wildman–Crippen MR) is 73.2 cm³/mol. The number of rotatable bonds is 5. The zero-order valence-corrected chi connectivity index (χ0v) is 12.8. The first-order chi connectivity index (χ1) is 8.47. The minimum Gasteiger partial charge on any atom is -0.332 e. The molecule has 0 radical (unpaired) electrons. The molecule has 0 aliphatic heterocycles. The smallest absolute Gasteiger partial charge is 0.257 e. The van der Waals surface area contributed by atoms with Gasteiger partial charge < -0.3 is 4.98 Å². The number of hydrogen-bond acceptors (Lipinski definition) is 3. The first-order valence-corrected chi connectivity index (χ1v) is 8.65. The molecular weight excluding hydrogens is 318 g/mol. The topological polar surface area (TPSA) is 74.8 Å². The standard InChI is InChI=1S/C11H18BrN3O2S/c1-9-13-6-10(15-9)18(16,17)14-8-11(7-12)4-2-3-5-11/h6,14H,2-5,7-8H2,1H3,(H,13,15). The van der Waals surface area contributed by atoms with E-state index in [4.69, 9.17) is 0 Å². The Morgan fingerprint density at radius 1 is 1.50 bits per heavy atom. The number of nitrogens with one attached hydrogen (secondary N) is 2. The molecule has 0 aromatic carbocycles. The lowest BCUT2D eigenvalue weighted by molar-refractivity contribution is 0.347. The molecule has 2 N–H and O–H groups in total. The summed E-state index contributed by atoms with van der Waals surface area (Å²) >= 11 is 3.51. The molecule has 7 heteroatoms. The Kier molecular flexibility index (Phi) is 4.13. The summed E-state index contributed by atoms with van der Waals surface area (Å²) in [6.45, 7) is 2.22. The molecule has 0 spiro atoms. The number of sulfonamides is 1. The van der Waals surface area contributed by atoms with Gasteiger partial charge in [0.05, 0.1) is 6.20 Å². The van der Waals surface area contributed by atoms with E-state index in [1.807, 2.05) is 0 Å². The van der Waals surface area contributed by atoms with Gasteiger partial charge in [0.1, 0.15) is 5.82 Å². The van der Waals surface area contributed by atoms with Gasteiger partial charge in [-0.25, -0.2) is 18.1 Å². The van der Waals surface area contributed by atoms with E-state index in [1.54, 1.807) is 6.92 Å². The van der Waals surface area contributed by atoms with E-state index in [1.165, 1.54) is 19.0 Å². The molecule has 1 saturated carbocycles. The van der Waals surface area contributed by atoms with E-state index in [-0.39, 0.29) is 10.4 Å². The van der Waals surface area contributed by atoms with Crippen LogP contribution in [0.25, 0.3) is 0 Å². The van der Waals surface area contributed by atoms with Gasteiger partial charge in [-0.05, 0) is 25.2 Å². The number of halogens is 1. The summed E-state index contributed by atoms with van der Waals surface area (Å²) in [7, 11) is -3.46. The lowest BCUT2D eigenvalue weighted by Crippen LogP contribution is -2.37. The maximum absolute atomic E-state index is 12.1. The molecule has 5 nitrogen and oxygen atoms in total. The second kappa shape index (κ2) is 5.30. The van der Waals surface area contributed by atoms with Crippen molar-refractivity contribution in [3.8, 4) is 0 Å². The molecule has 0 amide bonds. The summed E-state index contributed by atoms with van der Waals surface area (Å²) in [4.78, 5) is 6.67. The molecule has 0 saturated heterocycles. The minimum atomic E-state index is -3.46. The van der Waals surface area contributed by atoms with Crippen molar-refractivity contribution in [3.05, 3.63) is 12.0 Å². The molecule has 0 unspecified atom stereocenters. The number of aromatic amines is 1. The van der Waals surface area contributed by atoms with Gasteiger partial charge in [-0.2, -0.15) is 0 Å². The van der Waals surface area contributed by atoms with Crippen LogP contribution in [0.15, 0.2) is 11.2 Å². The zero-order chi connectivity index (χ0) is 13.2. The minimum absolute atomic E-state index is 0.0716. The van der Waals surface area contributed by atoms with Crippen LogP contribution in [0.4, 0.5) is 0 Å². The van der Waals surface area contributed by atoms with Gasteiger partial charge in [-0.1, -0.05) is 28.8 Å². The number of nitrogens with zero attached hydrogens (tertiary/aromatic N) is 1. The van der Waals surface area contributed by atoms with Crippen molar-refractivity contribution < 1.29 is 8.42 Å². The van der Waals surface area contributed by atoms with Crippen LogP contribution in [-0.2, 0) is 10.0 Å². The normalized spacial score (nSPS) is 19.2. The van der Waals surface area contributed by atoms with Crippen LogP contribution >= 0.6 is 15.9 Å². The van der Waals surface area contributed by atoms with E-state index >= 15 is 0 Å². The summed E-state index contributed by atoms with van der Waals surface area (Å²) in [5, 5.41) is 0.979. The lowest BCUT2D eigenvalue weighted by atomic mass is 9.89. The summed E-state index contributed by atoms with van der Waals surface area (Å²) in [6, 6.07) is 0. The highest BCUT2D eigenvalue weighted by Gasteiger charge is 2.34. The molecule has 2 rings (SSSR count). The first-order valence-electron chi connectivity index (χ1n) is 6.05. The Balaban J connectivity index is 2.05. The maximum atomic E-state index is 12.1. The van der Waals surface area contributed by atoms with E-state index in [0.29, 0.717) is 12.4 Å². The Hall–Kier alpha value is -0.400. The Bertz CT molecular complexity index is 506. The number of imidazole rings is 1. The van der Waals surface area contributed by atoms with Gasteiger partial charge >= 0.3 is 0 Å². The summed E-state index contributed by atoms with van der Waals surface area (Å²) in [5.41, 5.74) is 0.0716. The van der Waals surface area contributed by atoms with E-state index < -0.39 is 10.0 Å². The van der Waals surface area contributed by atoms with Crippen LogP contribution in [0.5, 0.6) is 0 Å². The molecule has 1 heterocycles. The molecule has 0 bridgehead atoms. The first kappa shape index (κ1) is 14.0. The third kappa shape index (κ3) is 2.95. The van der Waals surface area contributed by atoms with Crippen molar-refractivity contribution >= 4 is 26.0 Å².